The van der Waals surface area contributed by atoms with Crippen LogP contribution in [0.3, 0.4) is 0 Å². The zero-order valence-electron chi connectivity index (χ0n) is 41.2. The van der Waals surface area contributed by atoms with Gasteiger partial charge in [0.05, 0.1) is 37.4 Å². The lowest BCUT2D eigenvalue weighted by molar-refractivity contribution is -0.188. The first kappa shape index (κ1) is 61.4. The number of rotatable bonds is 20. The Morgan fingerprint density at radius 1 is 0.886 bits per heavy atom. The Labute approximate surface area is 412 Å². The van der Waals surface area contributed by atoms with Crippen molar-refractivity contribution in [1.82, 2.24) is 9.55 Å². The molecule has 1 aromatic heterocycles. The van der Waals surface area contributed by atoms with E-state index in [1.807, 2.05) is 6.92 Å². The molecule has 12 atom stereocenters. The Bertz CT molecular complexity index is 1900. The predicted octanol–water partition coefficient (Wildman–Crippen LogP) is 6.50. The maximum Gasteiger partial charge on any atom is 0.481 e. The molecule has 3 heterocycles. The van der Waals surface area contributed by atoms with Crippen LogP contribution in [-0.2, 0) is 51.1 Å². The van der Waals surface area contributed by atoms with E-state index in [1.54, 1.807) is 0 Å². The zero-order valence-corrected chi connectivity index (χ0v) is 43.0. The number of cyclic esters (lactones) is 1. The van der Waals surface area contributed by atoms with E-state index in [2.05, 4.69) is 23.1 Å². The predicted molar refractivity (Wildman–Crippen MR) is 258 cm³/mol. The monoisotopic (exact) mass is 1040 g/mol. The lowest BCUT2D eigenvalue weighted by Gasteiger charge is -2.39. The molecule has 0 radical (unpaired) electrons. The van der Waals surface area contributed by atoms with E-state index in [1.165, 1.54) is 50.1 Å². The number of nitrogens with zero attached hydrogens (tertiary/aromatic N) is 2. The van der Waals surface area contributed by atoms with Gasteiger partial charge in [0.25, 0.3) is 0 Å². The summed E-state index contributed by atoms with van der Waals surface area (Å²) in [5.41, 5.74) is 4.78. The minimum atomic E-state index is -5.71. The van der Waals surface area contributed by atoms with Crippen molar-refractivity contribution in [2.45, 2.75) is 205 Å². The molecule has 1 aromatic rings. The SMILES string of the molecule is CCCCC[C@H](O)/C=C/[C@H]1C(=O)C[C@H](O)[C@@H]2CCCCCCC(=O)OC[C@@H](OC(=O)CCCCCCCCCCC(C)CC)COP(=O)(O)OP(=O)(O)OC[C@@H](O[C@H]2n2ccc(N)nc2=O)[C@@H](O)[C@H]1O. The molecule has 21 nitrogen and oxygen atoms in total. The third kappa shape index (κ3) is 23.3. The molecule has 8 N–H and O–H groups in total. The fraction of sp³-hybridized carbons (Fsp3) is 0.809. The number of ketones is 1. The number of Topliss-reactive ketones (excluding diaryl/α,β-unsaturated/α-hetero) is 1. The molecule has 0 aromatic carbocycles. The normalized spacial score (nSPS) is 30.5. The smallest absolute Gasteiger partial charge is 0.462 e. The standard InChI is InChI=1S/C47H81N3O18P2/c1-4-6-15-21-34(51)25-26-36-38(52)29-39(53)37-22-17-13-14-18-23-42(54)63-30-35(66-43(55)24-19-12-10-8-7-9-11-16-20-33(3)5-2)31-64-69(59,60)68-70(61,62)65-32-40(45(57)44(36)56)67-46(37)50-28-27-41(48)49-47(50)58/h25-28,33-37,39-40,44-46,51,53,56-57H,4-24,29-32H2,1-3H3,(H,59,60)(H,61,62)(H2,48,49,58)/b26-25+/t33?,34-,35+,36-,37-,39-,40+,44-,45+,46+/m0/s1. The van der Waals surface area contributed by atoms with E-state index in [9.17, 15) is 58.5 Å². The molecule has 2 saturated heterocycles. The molecule has 70 heavy (non-hydrogen) atoms. The number of carbonyl (C=O) groups is 3. The van der Waals surface area contributed by atoms with Crippen LogP contribution in [0, 0.1) is 17.8 Å². The second-order valence-electron chi connectivity index (χ2n) is 18.7. The van der Waals surface area contributed by atoms with Crippen LogP contribution in [0.1, 0.15) is 168 Å². The average molecular weight is 1040 g/mol. The minimum Gasteiger partial charge on any atom is -0.462 e. The summed E-state index contributed by atoms with van der Waals surface area (Å²) in [5, 5.41) is 45.7. The molecular weight excluding hydrogens is 956 g/mol. The molecule has 2 aliphatic heterocycles. The highest BCUT2D eigenvalue weighted by atomic mass is 31.3. The van der Waals surface area contributed by atoms with E-state index < -0.39 is 120 Å². The van der Waals surface area contributed by atoms with Crippen molar-refractivity contribution in [1.29, 1.82) is 0 Å². The summed E-state index contributed by atoms with van der Waals surface area (Å²) in [5.74, 6) is -4.30. The number of fused-ring (bicyclic) bond motifs is 3. The number of hydrogen-bond acceptors (Lipinski definition) is 18. The van der Waals surface area contributed by atoms with E-state index in [-0.39, 0.29) is 25.1 Å². The Kier molecular flexibility index (Phi) is 28.3. The number of hydrogen-bond donors (Lipinski definition) is 7. The number of aliphatic hydroxyl groups is 4. The summed E-state index contributed by atoms with van der Waals surface area (Å²) in [6.07, 6.45) is 5.81. The number of phosphoric acid groups is 2. The molecular formula is C47H81N3O18P2. The Morgan fingerprint density at radius 2 is 1.53 bits per heavy atom. The van der Waals surface area contributed by atoms with Gasteiger partial charge < -0.3 is 50.2 Å². The van der Waals surface area contributed by atoms with E-state index in [0.29, 0.717) is 44.9 Å². The van der Waals surface area contributed by atoms with Crippen molar-refractivity contribution in [3.05, 3.63) is 34.9 Å². The molecule has 2 fully saturated rings. The highest BCUT2D eigenvalue weighted by Crippen LogP contribution is 2.60. The van der Waals surface area contributed by atoms with Crippen LogP contribution in [0.15, 0.2) is 29.2 Å². The number of aliphatic hydroxyl groups excluding tert-OH is 4. The first-order valence-corrected chi connectivity index (χ1v) is 28.2. The van der Waals surface area contributed by atoms with Gasteiger partial charge in [-0.15, -0.1) is 0 Å². The second kappa shape index (κ2) is 32.3. The Hall–Kier alpha value is -2.91. The number of unbranched alkanes of at least 4 members (excludes halogenated alkanes) is 9. The lowest BCUT2D eigenvalue weighted by atomic mass is 9.83. The molecule has 0 amide bonds. The van der Waals surface area contributed by atoms with Crippen molar-refractivity contribution in [3.8, 4) is 0 Å². The van der Waals surface area contributed by atoms with Crippen molar-refractivity contribution in [3.63, 3.8) is 0 Å². The van der Waals surface area contributed by atoms with Crippen molar-refractivity contribution >= 4 is 39.2 Å². The highest BCUT2D eigenvalue weighted by Gasteiger charge is 2.45. The molecule has 3 unspecified atom stereocenters. The number of ether oxygens (including phenoxy) is 3. The molecule has 0 saturated carbocycles. The van der Waals surface area contributed by atoms with Crippen LogP contribution < -0.4 is 11.4 Å². The largest absolute Gasteiger partial charge is 0.481 e. The number of aromatic nitrogens is 2. The maximum atomic E-state index is 14.0. The molecule has 3 rings (SSSR count). The van der Waals surface area contributed by atoms with Gasteiger partial charge in [0.15, 0.2) is 6.10 Å². The van der Waals surface area contributed by atoms with Gasteiger partial charge >= 0.3 is 33.3 Å². The van der Waals surface area contributed by atoms with Crippen molar-refractivity contribution in [2.24, 2.45) is 17.8 Å². The average Bonchev–Trinajstić information content (AvgIpc) is 3.29. The maximum absolute atomic E-state index is 14.0. The summed E-state index contributed by atoms with van der Waals surface area (Å²) < 4.78 is 59.0. The quantitative estimate of drug-likeness (QED) is 0.0317. The third-order valence-electron chi connectivity index (χ3n) is 12.8. The van der Waals surface area contributed by atoms with E-state index >= 15 is 0 Å². The summed E-state index contributed by atoms with van der Waals surface area (Å²) in [7, 11) is -11.3. The summed E-state index contributed by atoms with van der Waals surface area (Å²) in [6.45, 7) is 3.74. The van der Waals surface area contributed by atoms with Gasteiger partial charge in [-0.1, -0.05) is 129 Å². The fourth-order valence-corrected chi connectivity index (χ4v) is 10.5. The van der Waals surface area contributed by atoms with E-state index in [0.717, 1.165) is 55.4 Å². The van der Waals surface area contributed by atoms with Gasteiger partial charge in [0.2, 0.25) is 0 Å². The Morgan fingerprint density at radius 3 is 2.20 bits per heavy atom. The number of anilines is 1. The van der Waals surface area contributed by atoms with Crippen molar-refractivity contribution in [2.75, 3.05) is 25.6 Å². The van der Waals surface area contributed by atoms with Crippen LogP contribution in [0.2, 0.25) is 0 Å². The van der Waals surface area contributed by atoms with Crippen LogP contribution >= 0.6 is 15.6 Å². The number of nitrogens with two attached hydrogens (primary N) is 1. The van der Waals surface area contributed by atoms with Gasteiger partial charge in [0.1, 0.15) is 36.6 Å². The molecule has 23 heteroatoms. The topological polar surface area (TPSA) is 323 Å². The minimum absolute atomic E-state index is 0.00448. The zero-order chi connectivity index (χ0) is 51.7. The highest BCUT2D eigenvalue weighted by molar-refractivity contribution is 7.61. The van der Waals surface area contributed by atoms with E-state index in [4.69, 9.17) is 29.0 Å². The fourth-order valence-electron chi connectivity index (χ4n) is 8.37. The molecule has 0 spiro atoms. The first-order valence-electron chi connectivity index (χ1n) is 25.2. The summed E-state index contributed by atoms with van der Waals surface area (Å²) in [6, 6.07) is 1.24. The number of carbonyl (C=O) groups excluding carboxylic acids is 3. The van der Waals surface area contributed by atoms with Gasteiger partial charge in [0, 0.05) is 31.4 Å². The molecule has 0 aliphatic carbocycles. The second-order valence-corrected chi connectivity index (χ2v) is 21.7. The number of esters is 2. The molecule has 2 aliphatic rings. The van der Waals surface area contributed by atoms with Crippen LogP contribution in [0.25, 0.3) is 0 Å². The first-order chi connectivity index (χ1) is 33.3. The van der Waals surface area contributed by atoms with Gasteiger partial charge in [-0.2, -0.15) is 9.29 Å². The van der Waals surface area contributed by atoms with Crippen LogP contribution in [0.4, 0.5) is 5.82 Å². The molecule has 402 valence electrons. The third-order valence-corrected chi connectivity index (χ3v) is 15.4. The number of nitrogen functional groups attached to an aromatic ring is 1. The lowest BCUT2D eigenvalue weighted by Crippen LogP contribution is -2.51. The Balaban J connectivity index is 1.86. The van der Waals surface area contributed by atoms with Gasteiger partial charge in [-0.3, -0.25) is 28.0 Å². The van der Waals surface area contributed by atoms with Gasteiger partial charge in [-0.05, 0) is 37.7 Å². The number of phosphoric ester groups is 2. The molecule has 2 bridgehead atoms. The van der Waals surface area contributed by atoms with Gasteiger partial charge in [-0.25, -0.2) is 13.9 Å². The van der Waals surface area contributed by atoms with Crippen LogP contribution in [0.5, 0.6) is 0 Å². The van der Waals surface area contributed by atoms with Crippen molar-refractivity contribution < 1.29 is 81.3 Å². The van der Waals surface area contributed by atoms with Crippen LogP contribution in [-0.4, -0.2) is 114 Å². The summed E-state index contributed by atoms with van der Waals surface area (Å²) >= 11 is 0. The summed E-state index contributed by atoms with van der Waals surface area (Å²) in [4.78, 5) is 78.1.